The van der Waals surface area contributed by atoms with Crippen LogP contribution < -0.4 is 21.7 Å². The van der Waals surface area contributed by atoms with Gasteiger partial charge in [-0.3, -0.25) is 10.1 Å². The van der Waals surface area contributed by atoms with Gasteiger partial charge in [-0.2, -0.15) is 0 Å². The molecule has 6 nitrogen and oxygen atoms in total. The van der Waals surface area contributed by atoms with Gasteiger partial charge in [-0.25, -0.2) is 4.79 Å². The van der Waals surface area contributed by atoms with Gasteiger partial charge in [0.2, 0.25) is 0 Å². The number of rotatable bonds is 4. The molecule has 3 amide bonds. The summed E-state index contributed by atoms with van der Waals surface area (Å²) in [6.07, 6.45) is 1.99. The van der Waals surface area contributed by atoms with Crippen molar-refractivity contribution in [2.45, 2.75) is 25.8 Å². The lowest BCUT2D eigenvalue weighted by atomic mass is 10.1. The number of benzene rings is 1. The quantitative estimate of drug-likeness (QED) is 0.676. The summed E-state index contributed by atoms with van der Waals surface area (Å²) >= 11 is 1.35. The largest absolute Gasteiger partial charge is 0.351 e. The van der Waals surface area contributed by atoms with Crippen molar-refractivity contribution in [2.24, 2.45) is 5.73 Å². The first-order valence-electron chi connectivity index (χ1n) is 8.32. The second kappa shape index (κ2) is 7.67. The molecule has 1 atom stereocenters. The molecule has 1 fully saturated rings. The molecule has 1 saturated heterocycles. The second-order valence-electron chi connectivity index (χ2n) is 6.23. The van der Waals surface area contributed by atoms with Crippen molar-refractivity contribution in [1.82, 2.24) is 10.6 Å². The van der Waals surface area contributed by atoms with Crippen LogP contribution in [0.2, 0.25) is 0 Å². The van der Waals surface area contributed by atoms with Crippen molar-refractivity contribution in [1.29, 1.82) is 0 Å². The number of nitrogens with one attached hydrogen (secondary N) is 3. The van der Waals surface area contributed by atoms with E-state index in [2.05, 4.69) is 16.0 Å². The topological polar surface area (TPSA) is 96.2 Å². The number of carbonyl (C=O) groups is 2. The van der Waals surface area contributed by atoms with Gasteiger partial charge in [0.1, 0.15) is 5.00 Å². The van der Waals surface area contributed by atoms with E-state index in [0.29, 0.717) is 10.6 Å². The van der Waals surface area contributed by atoms with Gasteiger partial charge in [-0.15, -0.1) is 11.3 Å². The fourth-order valence-electron chi connectivity index (χ4n) is 2.86. The molecule has 2 heterocycles. The maximum atomic E-state index is 12.7. The summed E-state index contributed by atoms with van der Waals surface area (Å²) in [7, 11) is 0. The highest BCUT2D eigenvalue weighted by molar-refractivity contribution is 7.20. The molecule has 0 bridgehead atoms. The first kappa shape index (κ1) is 17.4. The monoisotopic (exact) mass is 358 g/mol. The lowest BCUT2D eigenvalue weighted by Gasteiger charge is -2.23. The molecule has 5 N–H and O–H groups in total. The Bertz CT molecular complexity index is 764. The molecule has 0 radical (unpaired) electrons. The molecular weight excluding hydrogens is 336 g/mol. The van der Waals surface area contributed by atoms with Crippen LogP contribution in [0.25, 0.3) is 10.4 Å². The molecule has 0 spiro atoms. The summed E-state index contributed by atoms with van der Waals surface area (Å²) < 4.78 is 0. The molecule has 0 aliphatic carbocycles. The Morgan fingerprint density at radius 2 is 2.04 bits per heavy atom. The number of primary amides is 1. The molecule has 1 unspecified atom stereocenters. The summed E-state index contributed by atoms with van der Waals surface area (Å²) in [5, 5.41) is 9.36. The highest BCUT2D eigenvalue weighted by Crippen LogP contribution is 2.35. The van der Waals surface area contributed by atoms with E-state index in [1.165, 1.54) is 16.9 Å². The lowest BCUT2D eigenvalue weighted by Crippen LogP contribution is -2.45. The van der Waals surface area contributed by atoms with E-state index in [4.69, 9.17) is 5.73 Å². The Morgan fingerprint density at radius 1 is 1.28 bits per heavy atom. The lowest BCUT2D eigenvalue weighted by molar-refractivity contribution is 0.0932. The molecule has 1 aliphatic heterocycles. The smallest absolute Gasteiger partial charge is 0.317 e. The average Bonchev–Trinajstić information content (AvgIpc) is 2.99. The van der Waals surface area contributed by atoms with Gasteiger partial charge in [0, 0.05) is 17.5 Å². The average molecular weight is 358 g/mol. The minimum atomic E-state index is -0.675. The number of piperidine rings is 1. The van der Waals surface area contributed by atoms with Crippen LogP contribution in [0, 0.1) is 6.92 Å². The van der Waals surface area contributed by atoms with Crippen LogP contribution in [0.4, 0.5) is 9.80 Å². The molecule has 2 aromatic rings. The number of hydrogen-bond acceptors (Lipinski definition) is 4. The van der Waals surface area contributed by atoms with Crippen LogP contribution in [-0.2, 0) is 0 Å². The predicted octanol–water partition coefficient (Wildman–Crippen LogP) is 2.70. The van der Waals surface area contributed by atoms with Crippen LogP contribution in [-0.4, -0.2) is 31.1 Å². The van der Waals surface area contributed by atoms with E-state index < -0.39 is 6.03 Å². The number of amides is 3. The van der Waals surface area contributed by atoms with Crippen LogP contribution >= 0.6 is 11.3 Å². The number of thiophene rings is 1. The van der Waals surface area contributed by atoms with Gasteiger partial charge in [0.25, 0.3) is 5.91 Å². The Hall–Kier alpha value is -2.38. The van der Waals surface area contributed by atoms with E-state index in [1.807, 2.05) is 37.3 Å². The van der Waals surface area contributed by atoms with E-state index in [0.717, 1.165) is 36.4 Å². The number of urea groups is 1. The SMILES string of the molecule is Cc1ccc(-c2cc(C(=O)NC3CCCNC3)c(NC(N)=O)s2)cc1. The van der Waals surface area contributed by atoms with Crippen molar-refractivity contribution < 1.29 is 9.59 Å². The first-order chi connectivity index (χ1) is 12.0. The fourth-order valence-corrected chi connectivity index (χ4v) is 3.93. The summed E-state index contributed by atoms with van der Waals surface area (Å²) in [6.45, 7) is 3.77. The van der Waals surface area contributed by atoms with E-state index >= 15 is 0 Å². The van der Waals surface area contributed by atoms with E-state index in [-0.39, 0.29) is 11.9 Å². The van der Waals surface area contributed by atoms with Gasteiger partial charge in [-0.05, 0) is 37.9 Å². The minimum absolute atomic E-state index is 0.102. The van der Waals surface area contributed by atoms with E-state index in [1.54, 1.807) is 0 Å². The van der Waals surface area contributed by atoms with Gasteiger partial charge in [0.15, 0.2) is 0 Å². The third-order valence-corrected chi connectivity index (χ3v) is 5.28. The predicted molar refractivity (Wildman–Crippen MR) is 101 cm³/mol. The Morgan fingerprint density at radius 3 is 2.68 bits per heavy atom. The Kier molecular flexibility index (Phi) is 5.35. The molecule has 132 valence electrons. The van der Waals surface area contributed by atoms with Crippen LogP contribution in [0.15, 0.2) is 30.3 Å². The molecule has 7 heteroatoms. The van der Waals surface area contributed by atoms with Crippen molar-refractivity contribution in [3.63, 3.8) is 0 Å². The Balaban J connectivity index is 1.86. The highest BCUT2D eigenvalue weighted by atomic mass is 32.1. The zero-order valence-corrected chi connectivity index (χ0v) is 14.9. The summed E-state index contributed by atoms with van der Waals surface area (Å²) in [5.41, 5.74) is 7.88. The zero-order chi connectivity index (χ0) is 17.8. The normalized spacial score (nSPS) is 17.1. The zero-order valence-electron chi connectivity index (χ0n) is 14.1. The van der Waals surface area contributed by atoms with Crippen molar-refractivity contribution in [3.8, 4) is 10.4 Å². The van der Waals surface area contributed by atoms with Gasteiger partial charge >= 0.3 is 6.03 Å². The number of anilines is 1. The van der Waals surface area contributed by atoms with Crippen LogP contribution in [0.1, 0.15) is 28.8 Å². The van der Waals surface area contributed by atoms with Gasteiger partial charge < -0.3 is 16.4 Å². The molecule has 0 saturated carbocycles. The molecule has 3 rings (SSSR count). The summed E-state index contributed by atoms with van der Waals surface area (Å²) in [5.74, 6) is -0.188. The molecule has 25 heavy (non-hydrogen) atoms. The number of nitrogens with two attached hydrogens (primary N) is 1. The standard InChI is InChI=1S/C18H22N4O2S/c1-11-4-6-12(7-5-11)15-9-14(17(25-15)22-18(19)24)16(23)21-13-3-2-8-20-10-13/h4-7,9,13,20H,2-3,8,10H2,1H3,(H,21,23)(H3,19,22,24). The fraction of sp³-hybridized carbons (Fsp3) is 0.333. The van der Waals surface area contributed by atoms with Gasteiger partial charge in [-0.1, -0.05) is 29.8 Å². The second-order valence-corrected chi connectivity index (χ2v) is 7.28. The first-order valence-corrected chi connectivity index (χ1v) is 9.13. The number of aryl methyl sites for hydroxylation is 1. The molecule has 1 aromatic carbocycles. The number of carbonyl (C=O) groups excluding carboxylic acids is 2. The maximum absolute atomic E-state index is 12.7. The van der Waals surface area contributed by atoms with Crippen LogP contribution in [0.5, 0.6) is 0 Å². The Labute approximate surface area is 150 Å². The van der Waals surface area contributed by atoms with Crippen molar-refractivity contribution >= 4 is 28.3 Å². The highest BCUT2D eigenvalue weighted by Gasteiger charge is 2.21. The van der Waals surface area contributed by atoms with Crippen LogP contribution in [0.3, 0.4) is 0 Å². The summed E-state index contributed by atoms with van der Waals surface area (Å²) in [4.78, 5) is 24.9. The van der Waals surface area contributed by atoms with E-state index in [9.17, 15) is 9.59 Å². The minimum Gasteiger partial charge on any atom is -0.351 e. The van der Waals surface area contributed by atoms with Crippen molar-refractivity contribution in [3.05, 3.63) is 41.5 Å². The van der Waals surface area contributed by atoms with Gasteiger partial charge in [0.05, 0.1) is 5.56 Å². The molecule has 1 aromatic heterocycles. The maximum Gasteiger partial charge on any atom is 0.317 e. The van der Waals surface area contributed by atoms with Crippen molar-refractivity contribution in [2.75, 3.05) is 18.4 Å². The molecule has 1 aliphatic rings. The number of hydrogen-bond donors (Lipinski definition) is 4. The third kappa shape index (κ3) is 4.37. The summed E-state index contributed by atoms with van der Waals surface area (Å²) in [6, 6.07) is 9.28. The molecular formula is C18H22N4O2S. The third-order valence-electron chi connectivity index (χ3n) is 4.18.